The Morgan fingerprint density at radius 3 is 2.90 bits per heavy atom. The average molecular weight is 394 g/mol. The van der Waals surface area contributed by atoms with E-state index in [1.54, 1.807) is 18.2 Å². The number of likely N-dealkylation sites (tertiary alicyclic amines) is 1. The fraction of sp³-hybridized carbons (Fsp3) is 0.318. The number of nitro groups is 1. The number of rotatable bonds is 4. The van der Waals surface area contributed by atoms with Crippen molar-refractivity contribution in [3.8, 4) is 11.5 Å². The van der Waals surface area contributed by atoms with Gasteiger partial charge in [-0.05, 0) is 50.1 Å². The van der Waals surface area contributed by atoms with Gasteiger partial charge in [-0.2, -0.15) is 0 Å². The first-order chi connectivity index (χ1) is 13.9. The summed E-state index contributed by atoms with van der Waals surface area (Å²) in [7, 11) is 0. The van der Waals surface area contributed by atoms with Crippen LogP contribution in [0.25, 0.3) is 6.08 Å². The van der Waals surface area contributed by atoms with Crippen LogP contribution in [0.1, 0.15) is 47.7 Å². The van der Waals surface area contributed by atoms with E-state index in [2.05, 4.69) is 11.8 Å². The number of ether oxygens (including phenoxy) is 1. The van der Waals surface area contributed by atoms with E-state index in [1.165, 1.54) is 30.7 Å². The van der Waals surface area contributed by atoms with Crippen LogP contribution in [0.15, 0.2) is 42.2 Å². The summed E-state index contributed by atoms with van der Waals surface area (Å²) in [5.74, 6) is 0.286. The second-order valence-corrected chi connectivity index (χ2v) is 7.55. The number of phenolic OH excluding ortho intramolecular Hbond substituents is 1. The molecule has 0 spiro atoms. The first-order valence-electron chi connectivity index (χ1n) is 9.71. The van der Waals surface area contributed by atoms with Crippen LogP contribution in [0.4, 0.5) is 5.69 Å². The SMILES string of the molecule is CC1CCCCN1Cc1c(O)ccc2c1OC(=Cc1cccc([N+](=O)[O-])c1)C2=O. The van der Waals surface area contributed by atoms with Crippen LogP contribution in [0, 0.1) is 10.1 Å². The molecule has 2 aromatic carbocycles. The van der Waals surface area contributed by atoms with Crippen molar-refractivity contribution >= 4 is 17.5 Å². The summed E-state index contributed by atoms with van der Waals surface area (Å²) in [5, 5.41) is 21.4. The zero-order valence-electron chi connectivity index (χ0n) is 16.1. The summed E-state index contributed by atoms with van der Waals surface area (Å²) < 4.78 is 5.87. The maximum absolute atomic E-state index is 12.8. The van der Waals surface area contributed by atoms with Crippen LogP contribution in [-0.4, -0.2) is 33.3 Å². The Labute approximate surface area is 168 Å². The molecule has 4 rings (SSSR count). The number of allylic oxidation sites excluding steroid dienone is 1. The summed E-state index contributed by atoms with van der Waals surface area (Å²) in [6, 6.07) is 9.50. The standard InChI is InChI=1S/C22H22N2O5/c1-14-5-2-3-10-23(14)13-18-19(25)9-8-17-21(26)20(29-22(17)18)12-15-6-4-7-16(11-15)24(27)28/h4,6-9,11-12,14,25H,2-3,5,10,13H2,1H3. The van der Waals surface area contributed by atoms with E-state index in [1.807, 2.05) is 0 Å². The van der Waals surface area contributed by atoms with Crippen molar-refractivity contribution < 1.29 is 19.6 Å². The van der Waals surface area contributed by atoms with Crippen LogP contribution >= 0.6 is 0 Å². The van der Waals surface area contributed by atoms with Crippen molar-refractivity contribution in [3.05, 3.63) is 69.0 Å². The third-order valence-corrected chi connectivity index (χ3v) is 5.60. The van der Waals surface area contributed by atoms with Gasteiger partial charge in [-0.25, -0.2) is 0 Å². The second-order valence-electron chi connectivity index (χ2n) is 7.55. The molecule has 2 heterocycles. The molecule has 29 heavy (non-hydrogen) atoms. The molecular formula is C22H22N2O5. The minimum absolute atomic E-state index is 0.0558. The number of nitrogens with zero attached hydrogens (tertiary/aromatic N) is 2. The third kappa shape index (κ3) is 3.73. The summed E-state index contributed by atoms with van der Waals surface area (Å²) in [6.45, 7) is 3.61. The predicted molar refractivity (Wildman–Crippen MR) is 108 cm³/mol. The van der Waals surface area contributed by atoms with Crippen molar-refractivity contribution in [1.82, 2.24) is 4.90 Å². The molecule has 1 atom stereocenters. The lowest BCUT2D eigenvalue weighted by Crippen LogP contribution is -2.36. The number of aromatic hydroxyl groups is 1. The quantitative estimate of drug-likeness (QED) is 0.472. The van der Waals surface area contributed by atoms with Gasteiger partial charge < -0.3 is 9.84 Å². The van der Waals surface area contributed by atoms with Gasteiger partial charge in [-0.3, -0.25) is 19.8 Å². The Hall–Kier alpha value is -3.19. The van der Waals surface area contributed by atoms with Gasteiger partial charge in [0.25, 0.3) is 5.69 Å². The van der Waals surface area contributed by atoms with Gasteiger partial charge in [-0.15, -0.1) is 0 Å². The lowest BCUT2D eigenvalue weighted by Gasteiger charge is -2.33. The summed E-state index contributed by atoms with van der Waals surface area (Å²) >= 11 is 0. The van der Waals surface area contributed by atoms with E-state index in [9.17, 15) is 20.0 Å². The highest BCUT2D eigenvalue weighted by Crippen LogP contribution is 2.40. The number of piperidine rings is 1. The van der Waals surface area contributed by atoms with E-state index < -0.39 is 4.92 Å². The maximum atomic E-state index is 12.8. The highest BCUT2D eigenvalue weighted by Gasteiger charge is 2.32. The first-order valence-corrected chi connectivity index (χ1v) is 9.71. The predicted octanol–water partition coefficient (Wildman–Crippen LogP) is 4.29. The molecule has 2 aliphatic rings. The minimum Gasteiger partial charge on any atom is -0.507 e. The zero-order chi connectivity index (χ0) is 20.5. The van der Waals surface area contributed by atoms with E-state index in [-0.39, 0.29) is 23.0 Å². The molecule has 0 aromatic heterocycles. The number of carbonyl (C=O) groups excluding carboxylic acids is 1. The average Bonchev–Trinajstić information content (AvgIpc) is 3.01. The van der Waals surface area contributed by atoms with E-state index in [0.29, 0.717) is 35.0 Å². The Morgan fingerprint density at radius 2 is 2.14 bits per heavy atom. The van der Waals surface area contributed by atoms with Crippen LogP contribution < -0.4 is 4.74 Å². The van der Waals surface area contributed by atoms with E-state index in [0.717, 1.165) is 19.4 Å². The second kappa shape index (κ2) is 7.67. The lowest BCUT2D eigenvalue weighted by atomic mass is 10.0. The summed E-state index contributed by atoms with van der Waals surface area (Å²) in [5.41, 5.74) is 1.46. The fourth-order valence-electron chi connectivity index (χ4n) is 3.92. The molecule has 7 heteroatoms. The number of nitro benzene ring substituents is 1. The van der Waals surface area contributed by atoms with Crippen molar-refractivity contribution in [1.29, 1.82) is 0 Å². The molecule has 7 nitrogen and oxygen atoms in total. The highest BCUT2D eigenvalue weighted by atomic mass is 16.6. The van der Waals surface area contributed by atoms with Crippen molar-refractivity contribution in [2.45, 2.75) is 38.8 Å². The van der Waals surface area contributed by atoms with Crippen molar-refractivity contribution in [3.63, 3.8) is 0 Å². The van der Waals surface area contributed by atoms with Gasteiger partial charge in [0.05, 0.1) is 16.1 Å². The van der Waals surface area contributed by atoms with Crippen molar-refractivity contribution in [2.24, 2.45) is 0 Å². The zero-order valence-corrected chi connectivity index (χ0v) is 16.1. The van der Waals surface area contributed by atoms with Gasteiger partial charge in [-0.1, -0.05) is 18.6 Å². The Bertz CT molecular complexity index is 1010. The molecule has 2 aromatic rings. The molecule has 1 fully saturated rings. The van der Waals surface area contributed by atoms with Gasteiger partial charge in [0, 0.05) is 24.7 Å². The van der Waals surface area contributed by atoms with Crippen LogP contribution in [0.2, 0.25) is 0 Å². The molecule has 0 aliphatic carbocycles. The van der Waals surface area contributed by atoms with E-state index >= 15 is 0 Å². The number of Topliss-reactive ketones (excluding diaryl/α,β-unsaturated/α-hetero) is 1. The molecule has 1 saturated heterocycles. The number of ketones is 1. The highest BCUT2D eigenvalue weighted by molar-refractivity contribution is 6.15. The van der Waals surface area contributed by atoms with Crippen LogP contribution in [0.3, 0.4) is 0 Å². The molecule has 150 valence electrons. The van der Waals surface area contributed by atoms with E-state index in [4.69, 9.17) is 4.74 Å². The van der Waals surface area contributed by atoms with Crippen molar-refractivity contribution in [2.75, 3.05) is 6.54 Å². The Kier molecular flexibility index (Phi) is 5.07. The fourth-order valence-corrected chi connectivity index (χ4v) is 3.92. The lowest BCUT2D eigenvalue weighted by molar-refractivity contribution is -0.384. The topological polar surface area (TPSA) is 92.9 Å². The molecule has 1 N–H and O–H groups in total. The van der Waals surface area contributed by atoms with Gasteiger partial charge >= 0.3 is 0 Å². The number of phenols is 1. The number of hydrogen-bond donors (Lipinski definition) is 1. The number of hydrogen-bond acceptors (Lipinski definition) is 6. The first kappa shape index (κ1) is 19.1. The van der Waals surface area contributed by atoms with Gasteiger partial charge in [0.1, 0.15) is 11.5 Å². The van der Waals surface area contributed by atoms with Crippen LogP contribution in [0.5, 0.6) is 11.5 Å². The number of carbonyl (C=O) groups is 1. The Balaban J connectivity index is 1.66. The number of non-ortho nitro benzene ring substituents is 1. The molecule has 2 aliphatic heterocycles. The maximum Gasteiger partial charge on any atom is 0.270 e. The molecule has 0 bridgehead atoms. The van der Waals surface area contributed by atoms with Crippen LogP contribution in [-0.2, 0) is 6.54 Å². The molecular weight excluding hydrogens is 372 g/mol. The minimum atomic E-state index is -0.482. The Morgan fingerprint density at radius 1 is 1.31 bits per heavy atom. The normalized spacial score (nSPS) is 20.5. The smallest absolute Gasteiger partial charge is 0.270 e. The molecule has 0 saturated carbocycles. The molecule has 0 radical (unpaired) electrons. The monoisotopic (exact) mass is 394 g/mol. The number of benzene rings is 2. The third-order valence-electron chi connectivity index (χ3n) is 5.60. The largest absolute Gasteiger partial charge is 0.507 e. The number of fused-ring (bicyclic) bond motifs is 1. The molecule has 0 amide bonds. The summed E-state index contributed by atoms with van der Waals surface area (Å²) in [6.07, 6.45) is 4.91. The molecule has 1 unspecified atom stereocenters. The van der Waals surface area contributed by atoms with Gasteiger partial charge in [0.2, 0.25) is 5.78 Å². The summed E-state index contributed by atoms with van der Waals surface area (Å²) in [4.78, 5) is 25.6. The van der Waals surface area contributed by atoms with Gasteiger partial charge in [0.15, 0.2) is 5.76 Å².